The van der Waals surface area contributed by atoms with E-state index in [4.69, 9.17) is 0 Å². The molecule has 2 N–H and O–H groups in total. The second kappa shape index (κ2) is 6.39. The molecule has 0 saturated carbocycles. The Balaban J connectivity index is 2.01. The van der Waals surface area contributed by atoms with Crippen LogP contribution in [0.25, 0.3) is 0 Å². The van der Waals surface area contributed by atoms with E-state index in [2.05, 4.69) is 17.6 Å². The topological polar surface area (TPSA) is 58.2 Å². The van der Waals surface area contributed by atoms with Gasteiger partial charge < -0.3 is 10.6 Å². The summed E-state index contributed by atoms with van der Waals surface area (Å²) in [5.74, 6) is 0.411. The first-order valence-corrected chi connectivity index (χ1v) is 8.03. The Morgan fingerprint density at radius 2 is 2.25 bits per heavy atom. The van der Waals surface area contributed by atoms with Crippen molar-refractivity contribution in [3.05, 3.63) is 21.4 Å². The summed E-state index contributed by atoms with van der Waals surface area (Å²) in [5, 5.41) is 5.47. The monoisotopic (exact) mass is 294 g/mol. The predicted octanol–water partition coefficient (Wildman–Crippen LogP) is 2.13. The fraction of sp³-hybridized carbons (Fsp3) is 0.600. The van der Waals surface area contributed by atoms with E-state index in [0.29, 0.717) is 12.5 Å². The van der Waals surface area contributed by atoms with Gasteiger partial charge in [0.1, 0.15) is 6.04 Å². The number of nitrogens with one attached hydrogen (secondary N) is 2. The second-order valence-electron chi connectivity index (χ2n) is 5.50. The van der Waals surface area contributed by atoms with E-state index in [1.54, 1.807) is 18.3 Å². The van der Waals surface area contributed by atoms with Crippen LogP contribution in [0.3, 0.4) is 0 Å². The summed E-state index contributed by atoms with van der Waals surface area (Å²) in [6.07, 6.45) is 3.33. The maximum atomic E-state index is 12.2. The van der Waals surface area contributed by atoms with Crippen LogP contribution in [0.5, 0.6) is 0 Å². The molecule has 0 radical (unpaired) electrons. The van der Waals surface area contributed by atoms with Crippen molar-refractivity contribution in [1.82, 2.24) is 10.6 Å². The lowest BCUT2D eigenvalue weighted by Crippen LogP contribution is -2.44. The largest absolute Gasteiger partial charge is 0.355 e. The smallest absolute Gasteiger partial charge is 0.262 e. The molecule has 110 valence electrons. The molecular formula is C15H22N2O2S. The fourth-order valence-corrected chi connectivity index (χ4v) is 3.59. The Morgan fingerprint density at radius 3 is 2.95 bits per heavy atom. The van der Waals surface area contributed by atoms with E-state index in [-0.39, 0.29) is 11.8 Å². The molecule has 0 spiro atoms. The van der Waals surface area contributed by atoms with Crippen molar-refractivity contribution >= 4 is 23.2 Å². The Morgan fingerprint density at radius 1 is 1.50 bits per heavy atom. The molecule has 0 bridgehead atoms. The van der Waals surface area contributed by atoms with Gasteiger partial charge in [-0.1, -0.05) is 6.92 Å². The van der Waals surface area contributed by atoms with Crippen molar-refractivity contribution in [1.29, 1.82) is 0 Å². The fourth-order valence-electron chi connectivity index (χ4n) is 2.48. The van der Waals surface area contributed by atoms with Gasteiger partial charge >= 0.3 is 0 Å². The van der Waals surface area contributed by atoms with Crippen LogP contribution in [-0.2, 0) is 17.6 Å². The Kier molecular flexibility index (Phi) is 4.81. The second-order valence-corrected chi connectivity index (χ2v) is 6.63. The third kappa shape index (κ3) is 3.39. The molecule has 20 heavy (non-hydrogen) atoms. The maximum absolute atomic E-state index is 12.2. The summed E-state index contributed by atoms with van der Waals surface area (Å²) in [6, 6.07) is 1.50. The third-order valence-electron chi connectivity index (χ3n) is 3.64. The number of rotatable bonds is 4. The maximum Gasteiger partial charge on any atom is 0.262 e. The van der Waals surface area contributed by atoms with Gasteiger partial charge in [-0.3, -0.25) is 9.59 Å². The van der Waals surface area contributed by atoms with Crippen molar-refractivity contribution in [2.45, 2.75) is 46.1 Å². The highest BCUT2D eigenvalue weighted by Gasteiger charge is 2.22. The lowest BCUT2D eigenvalue weighted by molar-refractivity contribution is -0.122. The van der Waals surface area contributed by atoms with Crippen molar-refractivity contribution in [2.24, 2.45) is 5.92 Å². The van der Waals surface area contributed by atoms with Gasteiger partial charge in [0.25, 0.3) is 5.91 Å². The molecule has 0 aliphatic heterocycles. The number of fused-ring (bicyclic) bond motifs is 1. The highest BCUT2D eigenvalue weighted by atomic mass is 32.1. The SMILES string of the molecule is CCNC(=O)[C@H](C)NC(=O)c1cc2c(s1)CC[C@@H](C)C2. The van der Waals surface area contributed by atoms with E-state index >= 15 is 0 Å². The number of thiophene rings is 1. The van der Waals surface area contributed by atoms with Crippen molar-refractivity contribution in [3.8, 4) is 0 Å². The lowest BCUT2D eigenvalue weighted by atomic mass is 9.90. The van der Waals surface area contributed by atoms with Gasteiger partial charge in [-0.2, -0.15) is 0 Å². The Bertz CT molecular complexity index is 510. The molecule has 1 aromatic heterocycles. The number of likely N-dealkylation sites (N-methyl/N-ethyl adjacent to an activating group) is 1. The first kappa shape index (κ1) is 15.0. The van der Waals surface area contributed by atoms with Crippen LogP contribution in [-0.4, -0.2) is 24.4 Å². The lowest BCUT2D eigenvalue weighted by Gasteiger charge is -2.16. The third-order valence-corrected chi connectivity index (χ3v) is 4.88. The van der Waals surface area contributed by atoms with Crippen LogP contribution in [0.1, 0.15) is 47.3 Å². The zero-order valence-corrected chi connectivity index (χ0v) is 13.1. The van der Waals surface area contributed by atoms with E-state index < -0.39 is 6.04 Å². The Labute approximate surface area is 124 Å². The number of amides is 2. The van der Waals surface area contributed by atoms with E-state index in [0.717, 1.165) is 17.7 Å². The van der Waals surface area contributed by atoms with Crippen molar-refractivity contribution < 1.29 is 9.59 Å². The average Bonchev–Trinajstić information content (AvgIpc) is 2.81. The predicted molar refractivity (Wildman–Crippen MR) is 81.1 cm³/mol. The van der Waals surface area contributed by atoms with Gasteiger partial charge in [0.05, 0.1) is 4.88 Å². The van der Waals surface area contributed by atoms with Crippen molar-refractivity contribution in [3.63, 3.8) is 0 Å². The first-order valence-electron chi connectivity index (χ1n) is 7.21. The molecule has 1 aliphatic rings. The minimum absolute atomic E-state index is 0.143. The van der Waals surface area contributed by atoms with Crippen LogP contribution >= 0.6 is 11.3 Å². The van der Waals surface area contributed by atoms with Gasteiger partial charge in [0.15, 0.2) is 0 Å². The molecule has 0 fully saturated rings. The summed E-state index contributed by atoms with van der Waals surface area (Å²) >= 11 is 1.57. The first-order chi connectivity index (χ1) is 9.51. The van der Waals surface area contributed by atoms with E-state index in [9.17, 15) is 9.59 Å². The van der Waals surface area contributed by atoms with Crippen LogP contribution in [0, 0.1) is 5.92 Å². The van der Waals surface area contributed by atoms with Crippen LogP contribution in [0.4, 0.5) is 0 Å². The summed E-state index contributed by atoms with van der Waals surface area (Å²) < 4.78 is 0. The highest BCUT2D eigenvalue weighted by molar-refractivity contribution is 7.14. The number of carbonyl (C=O) groups is 2. The summed E-state index contributed by atoms with van der Waals surface area (Å²) in [6.45, 7) is 6.39. The van der Waals surface area contributed by atoms with Gasteiger partial charge in [-0.25, -0.2) is 0 Å². The van der Waals surface area contributed by atoms with E-state index in [1.165, 1.54) is 16.9 Å². The standard InChI is InChI=1S/C15H22N2O2S/c1-4-16-14(18)10(3)17-15(19)13-8-11-7-9(2)5-6-12(11)20-13/h8-10H,4-7H2,1-3H3,(H,16,18)(H,17,19)/t9-,10+/m1/s1. The molecule has 2 amide bonds. The normalized spacial score (nSPS) is 19.1. The number of aryl methyl sites for hydroxylation is 1. The number of carbonyl (C=O) groups excluding carboxylic acids is 2. The molecule has 0 saturated heterocycles. The molecule has 4 nitrogen and oxygen atoms in total. The molecule has 0 unspecified atom stereocenters. The average molecular weight is 294 g/mol. The van der Waals surface area contributed by atoms with Gasteiger partial charge in [0.2, 0.25) is 5.91 Å². The number of hydrogen-bond donors (Lipinski definition) is 2. The minimum atomic E-state index is -0.500. The quantitative estimate of drug-likeness (QED) is 0.893. The molecule has 2 atom stereocenters. The van der Waals surface area contributed by atoms with Gasteiger partial charge in [-0.15, -0.1) is 11.3 Å². The molecule has 5 heteroatoms. The van der Waals surface area contributed by atoms with Crippen molar-refractivity contribution in [2.75, 3.05) is 6.54 Å². The van der Waals surface area contributed by atoms with Gasteiger partial charge in [0, 0.05) is 11.4 Å². The van der Waals surface area contributed by atoms with E-state index in [1.807, 2.05) is 13.0 Å². The summed E-state index contributed by atoms with van der Waals surface area (Å²) in [7, 11) is 0. The molecular weight excluding hydrogens is 272 g/mol. The molecule has 0 aromatic carbocycles. The van der Waals surface area contributed by atoms with Crippen LogP contribution in [0.2, 0.25) is 0 Å². The highest BCUT2D eigenvalue weighted by Crippen LogP contribution is 2.32. The summed E-state index contributed by atoms with van der Waals surface area (Å²) in [4.78, 5) is 25.9. The molecule has 2 rings (SSSR count). The summed E-state index contributed by atoms with van der Waals surface area (Å²) in [5.41, 5.74) is 1.31. The zero-order valence-electron chi connectivity index (χ0n) is 12.3. The van der Waals surface area contributed by atoms with Crippen LogP contribution in [0.15, 0.2) is 6.07 Å². The molecule has 1 aliphatic carbocycles. The molecule has 1 aromatic rings. The minimum Gasteiger partial charge on any atom is -0.355 e. The van der Waals surface area contributed by atoms with Gasteiger partial charge in [-0.05, 0) is 50.7 Å². The molecule has 1 heterocycles. The van der Waals surface area contributed by atoms with Crippen LogP contribution < -0.4 is 10.6 Å². The number of hydrogen-bond acceptors (Lipinski definition) is 3. The Hall–Kier alpha value is -1.36. The zero-order chi connectivity index (χ0) is 14.7.